The van der Waals surface area contributed by atoms with Gasteiger partial charge in [0, 0.05) is 6.92 Å². The normalized spacial score (nSPS) is 38.3. The molecule has 3 aliphatic carbocycles. The Labute approximate surface area is 163 Å². The monoisotopic (exact) mass is 374 g/mol. The van der Waals surface area contributed by atoms with E-state index in [2.05, 4.69) is 39.8 Å². The van der Waals surface area contributed by atoms with E-state index in [0.29, 0.717) is 11.8 Å². The maximum atomic E-state index is 12.7. The summed E-state index contributed by atoms with van der Waals surface area (Å²) < 4.78 is 10.9. The number of carbonyl (C=O) groups is 2. The lowest BCUT2D eigenvalue weighted by atomic mass is 9.46. The van der Waals surface area contributed by atoms with Crippen LogP contribution in [-0.4, -0.2) is 25.2 Å². The number of allylic oxidation sites excluding steroid dienone is 3. The number of esters is 2. The second-order valence-corrected chi connectivity index (χ2v) is 9.45. The fraction of sp³-hybridized carbons (Fsp3) is 0.739. The maximum absolute atomic E-state index is 12.7. The lowest BCUT2D eigenvalue weighted by molar-refractivity contribution is -0.167. The average molecular weight is 375 g/mol. The van der Waals surface area contributed by atoms with Crippen LogP contribution in [0.4, 0.5) is 0 Å². The van der Waals surface area contributed by atoms with Crippen LogP contribution in [0.25, 0.3) is 0 Å². The third-order valence-corrected chi connectivity index (χ3v) is 7.55. The molecule has 0 heterocycles. The number of hydrogen-bond donors (Lipinski definition) is 0. The van der Waals surface area contributed by atoms with Gasteiger partial charge in [-0.25, -0.2) is 0 Å². The van der Waals surface area contributed by atoms with Gasteiger partial charge in [0.15, 0.2) is 0 Å². The fourth-order valence-corrected chi connectivity index (χ4v) is 6.17. The van der Waals surface area contributed by atoms with Crippen LogP contribution in [0.5, 0.6) is 0 Å². The van der Waals surface area contributed by atoms with Gasteiger partial charge in [-0.2, -0.15) is 0 Å². The van der Waals surface area contributed by atoms with E-state index >= 15 is 0 Å². The Morgan fingerprint density at radius 3 is 2.52 bits per heavy atom. The van der Waals surface area contributed by atoms with Gasteiger partial charge in [0.1, 0.15) is 6.10 Å². The average Bonchev–Trinajstić information content (AvgIpc) is 2.60. The Bertz CT molecular complexity index is 688. The molecular weight excluding hydrogens is 340 g/mol. The van der Waals surface area contributed by atoms with Crippen molar-refractivity contribution in [2.24, 2.45) is 28.6 Å². The van der Waals surface area contributed by atoms with E-state index in [1.54, 1.807) is 0 Å². The molecule has 1 saturated carbocycles. The molecule has 3 aliphatic rings. The quantitative estimate of drug-likeness (QED) is 0.664. The molecule has 1 fully saturated rings. The first-order valence-electron chi connectivity index (χ1n) is 10.3. The van der Waals surface area contributed by atoms with Crippen LogP contribution in [0.2, 0.25) is 0 Å². The van der Waals surface area contributed by atoms with Crippen molar-refractivity contribution in [1.82, 2.24) is 0 Å². The minimum absolute atomic E-state index is 0.0165. The molecule has 150 valence electrons. The van der Waals surface area contributed by atoms with E-state index < -0.39 is 5.41 Å². The number of rotatable bonds is 3. The van der Waals surface area contributed by atoms with Gasteiger partial charge in [0.2, 0.25) is 0 Å². The molecule has 0 radical (unpaired) electrons. The number of fused-ring (bicyclic) bond motifs is 3. The van der Waals surface area contributed by atoms with Crippen molar-refractivity contribution in [3.05, 3.63) is 23.3 Å². The van der Waals surface area contributed by atoms with Crippen LogP contribution in [0.3, 0.4) is 0 Å². The van der Waals surface area contributed by atoms with Crippen LogP contribution >= 0.6 is 0 Å². The van der Waals surface area contributed by atoms with Gasteiger partial charge in [-0.3, -0.25) is 9.59 Å². The SMILES string of the molecule is COC(=O)[C@]1(C)CCC[C@@]2(C)[C@H]1CC=C1C=C(C(C)C)[C@@H](OC(C)=O)C[C@@H]12. The maximum Gasteiger partial charge on any atom is 0.311 e. The topological polar surface area (TPSA) is 52.6 Å². The Morgan fingerprint density at radius 2 is 1.93 bits per heavy atom. The highest BCUT2D eigenvalue weighted by atomic mass is 16.5. The van der Waals surface area contributed by atoms with Gasteiger partial charge in [-0.1, -0.05) is 39.3 Å². The molecule has 0 amide bonds. The predicted octanol–water partition coefficient (Wildman–Crippen LogP) is 4.84. The standard InChI is InChI=1S/C23H34O4/c1-14(2)17-12-16-8-9-20-22(4,18(16)13-19(17)27-15(3)24)10-7-11-23(20,5)21(25)26-6/h8,12,14,18-20H,7,9-11,13H2,1-6H3/t18-,19-,20+,22+,23+/m0/s1. The van der Waals surface area contributed by atoms with Gasteiger partial charge in [-0.05, 0) is 66.9 Å². The molecule has 3 rings (SSSR count). The Morgan fingerprint density at radius 1 is 1.22 bits per heavy atom. The molecule has 0 bridgehead atoms. The summed E-state index contributed by atoms with van der Waals surface area (Å²) in [6.45, 7) is 10.2. The molecule has 0 saturated heterocycles. The lowest BCUT2D eigenvalue weighted by Crippen LogP contribution is -2.54. The van der Waals surface area contributed by atoms with E-state index in [1.807, 2.05) is 0 Å². The van der Waals surface area contributed by atoms with Crippen molar-refractivity contribution in [1.29, 1.82) is 0 Å². The predicted molar refractivity (Wildman–Crippen MR) is 105 cm³/mol. The Kier molecular flexibility index (Phi) is 5.31. The number of methoxy groups -OCH3 is 1. The first kappa shape index (κ1) is 20.2. The summed E-state index contributed by atoms with van der Waals surface area (Å²) in [5.41, 5.74) is 2.15. The third-order valence-electron chi connectivity index (χ3n) is 7.55. The summed E-state index contributed by atoms with van der Waals surface area (Å²) in [4.78, 5) is 24.4. The molecule has 5 atom stereocenters. The summed E-state index contributed by atoms with van der Waals surface area (Å²) >= 11 is 0. The summed E-state index contributed by atoms with van der Waals surface area (Å²) in [6.07, 6.45) is 9.19. The van der Waals surface area contributed by atoms with Crippen molar-refractivity contribution in [3.8, 4) is 0 Å². The fourth-order valence-electron chi connectivity index (χ4n) is 6.17. The zero-order valence-corrected chi connectivity index (χ0v) is 17.6. The molecule has 0 unspecified atom stereocenters. The summed E-state index contributed by atoms with van der Waals surface area (Å²) in [6, 6.07) is 0. The summed E-state index contributed by atoms with van der Waals surface area (Å²) in [5, 5.41) is 0. The Balaban J connectivity index is 2.02. The zero-order chi connectivity index (χ0) is 20.0. The minimum atomic E-state index is -0.442. The molecule has 27 heavy (non-hydrogen) atoms. The molecule has 0 aromatic rings. The molecular formula is C23H34O4. The van der Waals surface area contributed by atoms with Gasteiger partial charge in [-0.15, -0.1) is 0 Å². The summed E-state index contributed by atoms with van der Waals surface area (Å²) in [5.74, 6) is 0.605. The van der Waals surface area contributed by atoms with Gasteiger partial charge in [0.25, 0.3) is 0 Å². The largest absolute Gasteiger partial charge is 0.469 e. The van der Waals surface area contributed by atoms with Crippen LogP contribution < -0.4 is 0 Å². The molecule has 4 heteroatoms. The van der Waals surface area contributed by atoms with Crippen molar-refractivity contribution < 1.29 is 19.1 Å². The molecule has 4 nitrogen and oxygen atoms in total. The minimum Gasteiger partial charge on any atom is -0.469 e. The van der Waals surface area contributed by atoms with Crippen LogP contribution in [-0.2, 0) is 19.1 Å². The van der Waals surface area contributed by atoms with E-state index in [4.69, 9.17) is 9.47 Å². The van der Waals surface area contributed by atoms with Crippen molar-refractivity contribution in [2.75, 3.05) is 7.11 Å². The highest BCUT2D eigenvalue weighted by molar-refractivity contribution is 5.77. The highest BCUT2D eigenvalue weighted by Crippen LogP contribution is 2.62. The lowest BCUT2D eigenvalue weighted by Gasteiger charge is -2.57. The van der Waals surface area contributed by atoms with Crippen molar-refractivity contribution in [2.45, 2.75) is 72.8 Å². The van der Waals surface area contributed by atoms with Crippen LogP contribution in [0.15, 0.2) is 23.3 Å². The summed E-state index contributed by atoms with van der Waals surface area (Å²) in [7, 11) is 1.50. The van der Waals surface area contributed by atoms with Crippen molar-refractivity contribution >= 4 is 11.9 Å². The van der Waals surface area contributed by atoms with Gasteiger partial charge < -0.3 is 9.47 Å². The molecule has 0 N–H and O–H groups in total. The Hall–Kier alpha value is -1.58. The van der Waals surface area contributed by atoms with E-state index in [-0.39, 0.29) is 29.4 Å². The van der Waals surface area contributed by atoms with E-state index in [0.717, 1.165) is 32.1 Å². The van der Waals surface area contributed by atoms with Gasteiger partial charge in [0.05, 0.1) is 12.5 Å². The first-order valence-corrected chi connectivity index (χ1v) is 10.3. The number of ether oxygens (including phenoxy) is 2. The molecule has 0 spiro atoms. The van der Waals surface area contributed by atoms with Gasteiger partial charge >= 0.3 is 11.9 Å². The number of carbonyl (C=O) groups excluding carboxylic acids is 2. The smallest absolute Gasteiger partial charge is 0.311 e. The zero-order valence-electron chi connectivity index (χ0n) is 17.6. The second kappa shape index (κ2) is 7.10. The molecule has 0 aromatic carbocycles. The number of hydrogen-bond acceptors (Lipinski definition) is 4. The molecule has 0 aromatic heterocycles. The first-order chi connectivity index (χ1) is 12.6. The van der Waals surface area contributed by atoms with E-state index in [9.17, 15) is 9.59 Å². The van der Waals surface area contributed by atoms with Crippen molar-refractivity contribution in [3.63, 3.8) is 0 Å². The second-order valence-electron chi connectivity index (χ2n) is 9.45. The highest BCUT2D eigenvalue weighted by Gasteiger charge is 2.58. The molecule has 0 aliphatic heterocycles. The van der Waals surface area contributed by atoms with Crippen LogP contribution in [0, 0.1) is 28.6 Å². The van der Waals surface area contributed by atoms with E-state index in [1.165, 1.54) is 25.2 Å². The third kappa shape index (κ3) is 3.25. The van der Waals surface area contributed by atoms with Crippen LogP contribution in [0.1, 0.15) is 66.7 Å².